The number of hydrogen-bond acceptors (Lipinski definition) is 5. The maximum Gasteiger partial charge on any atom is 0.416 e. The number of carbonyl (C=O) groups is 1. The van der Waals surface area contributed by atoms with Gasteiger partial charge in [0, 0.05) is 18.8 Å². The summed E-state index contributed by atoms with van der Waals surface area (Å²) in [4.78, 5) is 16.2. The van der Waals surface area contributed by atoms with Crippen LogP contribution in [-0.4, -0.2) is 23.5 Å². The lowest BCUT2D eigenvalue weighted by atomic mass is 10.0. The van der Waals surface area contributed by atoms with E-state index in [2.05, 4.69) is 15.6 Å². The molecule has 32 heavy (non-hydrogen) atoms. The molecule has 5 nitrogen and oxygen atoms in total. The molecular weight excluding hydrogens is 451 g/mol. The molecule has 1 aliphatic heterocycles. The van der Waals surface area contributed by atoms with Gasteiger partial charge in [-0.1, -0.05) is 29.5 Å². The van der Waals surface area contributed by atoms with Crippen LogP contribution in [0.3, 0.4) is 0 Å². The van der Waals surface area contributed by atoms with Gasteiger partial charge < -0.3 is 16.4 Å². The molecule has 0 saturated carbocycles. The molecular formula is C21H17F5N4OS. The highest BCUT2D eigenvalue weighted by atomic mass is 32.1. The fourth-order valence-electron chi connectivity index (χ4n) is 3.30. The average Bonchev–Trinajstić information content (AvgIpc) is 3.29. The molecule has 2 heterocycles. The first kappa shape index (κ1) is 22.2. The molecule has 4 rings (SSSR count). The molecule has 1 aromatic heterocycles. The van der Waals surface area contributed by atoms with Crippen molar-refractivity contribution < 1.29 is 26.7 Å². The monoisotopic (exact) mass is 468 g/mol. The number of halogens is 5. The summed E-state index contributed by atoms with van der Waals surface area (Å²) in [6.45, 7) is 0.314. The van der Waals surface area contributed by atoms with Gasteiger partial charge in [0.15, 0.2) is 5.13 Å². The summed E-state index contributed by atoms with van der Waals surface area (Å²) in [6, 6.07) is 8.76. The van der Waals surface area contributed by atoms with Crippen molar-refractivity contribution in [2.45, 2.75) is 24.6 Å². The molecule has 1 amide bonds. The van der Waals surface area contributed by atoms with E-state index in [1.807, 2.05) is 0 Å². The summed E-state index contributed by atoms with van der Waals surface area (Å²) < 4.78 is 65.9. The Morgan fingerprint density at radius 2 is 1.88 bits per heavy atom. The van der Waals surface area contributed by atoms with Crippen molar-refractivity contribution in [2.75, 3.05) is 17.2 Å². The van der Waals surface area contributed by atoms with Crippen LogP contribution in [0.5, 0.6) is 0 Å². The van der Waals surface area contributed by atoms with Gasteiger partial charge in [0.1, 0.15) is 0 Å². The topological polar surface area (TPSA) is 80.0 Å². The minimum absolute atomic E-state index is 0.0841. The van der Waals surface area contributed by atoms with Crippen molar-refractivity contribution in [1.82, 2.24) is 4.98 Å². The second kappa shape index (κ2) is 8.14. The molecule has 1 atom stereocenters. The predicted octanol–water partition coefficient (Wildman–Crippen LogP) is 4.85. The zero-order valence-corrected chi connectivity index (χ0v) is 17.2. The first-order valence-electron chi connectivity index (χ1n) is 9.49. The Morgan fingerprint density at radius 1 is 1.16 bits per heavy atom. The van der Waals surface area contributed by atoms with Crippen molar-refractivity contribution >= 4 is 28.1 Å². The third kappa shape index (κ3) is 4.44. The summed E-state index contributed by atoms with van der Waals surface area (Å²) >= 11 is 1.23. The lowest BCUT2D eigenvalue weighted by molar-refractivity contribution is -0.139. The van der Waals surface area contributed by atoms with Gasteiger partial charge in [-0.25, -0.2) is 4.98 Å². The number of amides is 1. The first-order chi connectivity index (χ1) is 15.0. The zero-order chi connectivity index (χ0) is 23.1. The van der Waals surface area contributed by atoms with Gasteiger partial charge in [0.05, 0.1) is 21.7 Å². The van der Waals surface area contributed by atoms with E-state index >= 15 is 0 Å². The molecule has 2 aromatic carbocycles. The zero-order valence-electron chi connectivity index (χ0n) is 16.3. The molecule has 0 saturated heterocycles. The molecule has 0 fully saturated rings. The largest absolute Gasteiger partial charge is 0.416 e. The molecule has 0 unspecified atom stereocenters. The highest BCUT2D eigenvalue weighted by Crippen LogP contribution is 2.43. The molecule has 0 spiro atoms. The highest BCUT2D eigenvalue weighted by molar-refractivity contribution is 7.18. The van der Waals surface area contributed by atoms with Gasteiger partial charge in [0.2, 0.25) is 0 Å². The third-order valence-corrected chi connectivity index (χ3v) is 5.98. The minimum atomic E-state index is -4.38. The van der Waals surface area contributed by atoms with Crippen LogP contribution < -0.4 is 16.4 Å². The van der Waals surface area contributed by atoms with E-state index in [1.165, 1.54) is 41.8 Å². The molecule has 3 aromatic rings. The van der Waals surface area contributed by atoms with Crippen LogP contribution in [-0.2, 0) is 23.3 Å². The SMILES string of the molecule is N[C@@H](CNc1ncc(-c2ccc3c(c2)C(F)(F)C(=O)N3)s1)Cc1ccc(C(F)(F)F)cc1. The Bertz CT molecular complexity index is 1140. The number of alkyl halides is 5. The number of aromatic nitrogens is 1. The molecule has 4 N–H and O–H groups in total. The Labute approximate surface area is 183 Å². The molecule has 0 bridgehead atoms. The lowest BCUT2D eigenvalue weighted by Gasteiger charge is -2.13. The number of carbonyl (C=O) groups excluding carboxylic acids is 1. The van der Waals surface area contributed by atoms with Crippen LogP contribution in [0.2, 0.25) is 0 Å². The summed E-state index contributed by atoms with van der Waals surface area (Å²) in [5.41, 5.74) is 6.24. The number of nitrogens with two attached hydrogens (primary N) is 1. The van der Waals surface area contributed by atoms with E-state index in [-0.39, 0.29) is 17.3 Å². The maximum absolute atomic E-state index is 14.0. The maximum atomic E-state index is 14.0. The van der Waals surface area contributed by atoms with Gasteiger partial charge in [-0.2, -0.15) is 22.0 Å². The van der Waals surface area contributed by atoms with Crippen molar-refractivity contribution in [1.29, 1.82) is 0 Å². The Kier molecular flexibility index (Phi) is 5.63. The average molecular weight is 468 g/mol. The molecule has 11 heteroatoms. The second-order valence-electron chi connectivity index (χ2n) is 7.36. The molecule has 0 aliphatic carbocycles. The standard InChI is InChI=1S/C21H17F5N4OS/c22-20(23)15-8-12(3-6-16(15)30-18(20)31)17-10-29-19(32-17)28-9-14(27)7-11-1-4-13(5-2-11)21(24,25)26/h1-6,8,10,14H,7,9,27H2,(H,28,29)(H,30,31)/t14-/m1/s1. The van der Waals surface area contributed by atoms with Crippen LogP contribution in [0.1, 0.15) is 16.7 Å². The minimum Gasteiger partial charge on any atom is -0.360 e. The first-order valence-corrected chi connectivity index (χ1v) is 10.3. The number of benzene rings is 2. The fraction of sp³-hybridized carbons (Fsp3) is 0.238. The van der Waals surface area contributed by atoms with E-state index in [9.17, 15) is 26.7 Å². The van der Waals surface area contributed by atoms with Crippen molar-refractivity contribution in [3.63, 3.8) is 0 Å². The molecule has 0 radical (unpaired) electrons. The van der Waals surface area contributed by atoms with Gasteiger partial charge in [-0.15, -0.1) is 0 Å². The van der Waals surface area contributed by atoms with Gasteiger partial charge in [-0.05, 0) is 41.8 Å². The quantitative estimate of drug-likeness (QED) is 0.452. The smallest absolute Gasteiger partial charge is 0.360 e. The van der Waals surface area contributed by atoms with Crippen molar-refractivity contribution in [3.8, 4) is 10.4 Å². The molecule has 168 valence electrons. The van der Waals surface area contributed by atoms with Crippen LogP contribution in [0.15, 0.2) is 48.7 Å². The van der Waals surface area contributed by atoms with Crippen molar-refractivity contribution in [3.05, 3.63) is 65.4 Å². The Hall–Kier alpha value is -3.05. The van der Waals surface area contributed by atoms with Crippen molar-refractivity contribution in [2.24, 2.45) is 5.73 Å². The number of fused-ring (bicyclic) bond motifs is 1. The van der Waals surface area contributed by atoms with E-state index in [1.54, 1.807) is 6.07 Å². The molecule has 1 aliphatic rings. The van der Waals surface area contributed by atoms with Gasteiger partial charge in [-0.3, -0.25) is 4.79 Å². The van der Waals surface area contributed by atoms with Crippen LogP contribution in [0.25, 0.3) is 10.4 Å². The number of nitrogens with zero attached hydrogens (tertiary/aromatic N) is 1. The Balaban J connectivity index is 1.37. The second-order valence-corrected chi connectivity index (χ2v) is 8.39. The predicted molar refractivity (Wildman–Crippen MR) is 112 cm³/mol. The number of rotatable bonds is 6. The lowest BCUT2D eigenvalue weighted by Crippen LogP contribution is -2.31. The normalized spacial score (nSPS) is 15.9. The van der Waals surface area contributed by atoms with E-state index in [0.717, 1.165) is 12.1 Å². The van der Waals surface area contributed by atoms with E-state index in [0.29, 0.717) is 34.1 Å². The summed E-state index contributed by atoms with van der Waals surface area (Å²) in [5.74, 6) is -4.93. The van der Waals surface area contributed by atoms with E-state index in [4.69, 9.17) is 5.73 Å². The fourth-order valence-corrected chi connectivity index (χ4v) is 4.12. The van der Waals surface area contributed by atoms with Crippen LogP contribution in [0.4, 0.5) is 32.8 Å². The summed E-state index contributed by atoms with van der Waals surface area (Å²) in [7, 11) is 0. The van der Waals surface area contributed by atoms with Gasteiger partial charge >= 0.3 is 12.1 Å². The number of hydrogen-bond donors (Lipinski definition) is 3. The number of thiazole rings is 1. The summed E-state index contributed by atoms with van der Waals surface area (Å²) in [5, 5.41) is 5.72. The highest BCUT2D eigenvalue weighted by Gasteiger charge is 2.48. The third-order valence-electron chi connectivity index (χ3n) is 4.98. The van der Waals surface area contributed by atoms with Crippen LogP contribution >= 0.6 is 11.3 Å². The Morgan fingerprint density at radius 3 is 2.56 bits per heavy atom. The summed E-state index contributed by atoms with van der Waals surface area (Å²) in [6.07, 6.45) is -2.49. The number of nitrogens with one attached hydrogen (secondary N) is 2. The van der Waals surface area contributed by atoms with E-state index < -0.39 is 23.6 Å². The van der Waals surface area contributed by atoms with Gasteiger partial charge in [0.25, 0.3) is 5.91 Å². The van der Waals surface area contributed by atoms with Crippen LogP contribution in [0, 0.1) is 0 Å². The number of anilines is 2.